The van der Waals surface area contributed by atoms with Crippen molar-refractivity contribution in [3.05, 3.63) is 212 Å². The van der Waals surface area contributed by atoms with Crippen LogP contribution in [-0.4, -0.2) is 101 Å². The molecule has 11 rings (SSSR count). The number of methoxy groups -OCH3 is 1. The second kappa shape index (κ2) is 34.7. The van der Waals surface area contributed by atoms with Gasteiger partial charge in [0.15, 0.2) is 11.4 Å². The molecule has 9 nitrogen and oxygen atoms in total. The topological polar surface area (TPSA) is 62.3 Å². The summed E-state index contributed by atoms with van der Waals surface area (Å²) < 4.78 is 9.98. The van der Waals surface area contributed by atoms with E-state index in [0.29, 0.717) is 25.4 Å². The van der Waals surface area contributed by atoms with E-state index in [1.807, 2.05) is 0 Å². The Labute approximate surface area is 624 Å². The number of nitrogens with zero attached hydrogens (tertiary/aromatic N) is 6. The van der Waals surface area contributed by atoms with Crippen molar-refractivity contribution in [3.63, 3.8) is 0 Å². The van der Waals surface area contributed by atoms with E-state index in [-0.39, 0.29) is 76.3 Å². The molecule has 99 heavy (non-hydrogen) atoms. The van der Waals surface area contributed by atoms with E-state index in [1.54, 1.807) is 0 Å². The molecule has 0 spiro atoms. The first kappa shape index (κ1) is 78.7. The third kappa shape index (κ3) is 16.7. The number of hydrogen-bond donors (Lipinski definition) is 0. The number of piperidine rings is 1. The van der Waals surface area contributed by atoms with Crippen LogP contribution >= 0.6 is 11.6 Å². The maximum absolute atomic E-state index is 14.7. The van der Waals surface area contributed by atoms with Gasteiger partial charge in [-0.3, -0.25) is 9.59 Å². The van der Waals surface area contributed by atoms with Crippen LogP contribution in [0.3, 0.4) is 0 Å². The Hall–Kier alpha value is -6.05. The van der Waals surface area contributed by atoms with E-state index >= 15 is 0 Å². The third-order valence-corrected chi connectivity index (χ3v) is 22.5. The van der Waals surface area contributed by atoms with E-state index in [9.17, 15) is 9.59 Å². The quantitative estimate of drug-likeness (QED) is 0.0419. The highest BCUT2D eigenvalue weighted by Gasteiger charge is 2.46. The SMILES string of the molecule is CCCN1C(=CC=C2CCCC(C=CC3=[N+](CCC)c4ccccc4C3(C)C)=C2Cl)C(C)(C)c2ccccc21.CCCN1C(=CC=C2CCCC(C=CC3=[N+](CCC)c4ccccc4C3(C)C)=C2N(CCCN2CCCCC2C)C(=O)CCCC(=O)OC)C(C)(C)c2ccccc21.[Cl-].[I-]. The predicted molar refractivity (Wildman–Crippen MR) is 409 cm³/mol. The molecule has 0 aromatic heterocycles. The normalized spacial score (nSPS) is 21.3. The number of fused-ring (bicyclic) bond motifs is 4. The lowest BCUT2D eigenvalue weighted by Crippen LogP contribution is -3.00. The number of likely N-dealkylation sites (tertiary alicyclic amines) is 1. The van der Waals surface area contributed by atoms with Crippen LogP contribution in [0.5, 0.6) is 0 Å². The number of amides is 1. The summed E-state index contributed by atoms with van der Waals surface area (Å²) >= 11 is 7.13. The van der Waals surface area contributed by atoms with Gasteiger partial charge in [-0.15, -0.1) is 0 Å². The van der Waals surface area contributed by atoms with Gasteiger partial charge in [0.1, 0.15) is 13.1 Å². The van der Waals surface area contributed by atoms with E-state index in [1.165, 1.54) is 116 Å². The highest BCUT2D eigenvalue weighted by Crippen LogP contribution is 2.50. The van der Waals surface area contributed by atoms with Crippen LogP contribution in [0.1, 0.15) is 221 Å². The summed E-state index contributed by atoms with van der Waals surface area (Å²) in [7, 11) is 1.42. The van der Waals surface area contributed by atoms with E-state index in [4.69, 9.17) is 16.3 Å². The van der Waals surface area contributed by atoms with Crippen LogP contribution in [0.4, 0.5) is 22.7 Å². The maximum Gasteiger partial charge on any atom is 0.305 e. The van der Waals surface area contributed by atoms with Crippen LogP contribution in [0.25, 0.3) is 0 Å². The first-order valence-corrected chi connectivity index (χ1v) is 37.7. The lowest BCUT2D eigenvalue weighted by Gasteiger charge is -2.35. The van der Waals surface area contributed by atoms with E-state index in [2.05, 4.69) is 264 Å². The van der Waals surface area contributed by atoms with Crippen molar-refractivity contribution in [3.8, 4) is 0 Å². The van der Waals surface area contributed by atoms with Gasteiger partial charge in [0.2, 0.25) is 17.3 Å². The maximum atomic E-state index is 14.7. The molecule has 1 atom stereocenters. The second-order valence-electron chi connectivity index (χ2n) is 30.2. The number of hydrogen-bond acceptors (Lipinski definition) is 6. The summed E-state index contributed by atoms with van der Waals surface area (Å²) in [4.78, 5) is 36.6. The molecule has 0 radical (unpaired) electrons. The zero-order chi connectivity index (χ0) is 69.2. The number of ether oxygens (including phenoxy) is 1. The summed E-state index contributed by atoms with van der Waals surface area (Å²) in [5.41, 5.74) is 21.8. The second-order valence-corrected chi connectivity index (χ2v) is 30.6. The highest BCUT2D eigenvalue weighted by atomic mass is 127. The Morgan fingerprint density at radius 2 is 1.03 bits per heavy atom. The molecule has 0 bridgehead atoms. The fraction of sp³-hybridized carbons (Fsp3) is 0.494. The molecule has 12 heteroatoms. The fourth-order valence-electron chi connectivity index (χ4n) is 16.8. The number of anilines is 2. The third-order valence-electron chi connectivity index (χ3n) is 22.1. The highest BCUT2D eigenvalue weighted by molar-refractivity contribution is 6.32. The van der Waals surface area contributed by atoms with Crippen LogP contribution in [0, 0.1) is 0 Å². The molecular formula is C87H115Cl2IN6O3. The predicted octanol–water partition coefficient (Wildman–Crippen LogP) is 14.7. The minimum atomic E-state index is -0.267. The Bertz CT molecular complexity index is 3890. The average molecular weight is 1490 g/mol. The molecule has 1 saturated heterocycles. The van der Waals surface area contributed by atoms with Gasteiger partial charge in [-0.1, -0.05) is 171 Å². The molecule has 1 unspecified atom stereocenters. The fourth-order valence-corrected chi connectivity index (χ4v) is 17.2. The lowest BCUT2D eigenvalue weighted by molar-refractivity contribution is -0.437. The van der Waals surface area contributed by atoms with E-state index < -0.39 is 0 Å². The first-order valence-electron chi connectivity index (χ1n) is 37.3. The van der Waals surface area contributed by atoms with Crippen molar-refractivity contribution in [1.82, 2.24) is 9.80 Å². The van der Waals surface area contributed by atoms with Crippen molar-refractivity contribution in [2.24, 2.45) is 0 Å². The van der Waals surface area contributed by atoms with Crippen LogP contribution in [0.15, 0.2) is 190 Å². The van der Waals surface area contributed by atoms with Crippen molar-refractivity contribution >= 4 is 57.7 Å². The molecular weight excluding hydrogens is 1370 g/mol. The number of halogens is 3. The van der Waals surface area contributed by atoms with E-state index in [0.717, 1.165) is 121 Å². The molecule has 7 aliphatic rings. The average Bonchev–Trinajstić information content (AvgIpc) is 1.69. The first-order chi connectivity index (χ1) is 46.6. The largest absolute Gasteiger partial charge is 1.00 e. The Morgan fingerprint density at radius 1 is 0.556 bits per heavy atom. The Morgan fingerprint density at radius 3 is 1.54 bits per heavy atom. The summed E-state index contributed by atoms with van der Waals surface area (Å²) in [6, 6.07) is 36.0. The number of para-hydroxylation sites is 4. The van der Waals surface area contributed by atoms with Gasteiger partial charge < -0.3 is 60.7 Å². The number of esters is 1. The van der Waals surface area contributed by atoms with Gasteiger partial charge in [0.05, 0.1) is 17.9 Å². The molecule has 5 aliphatic heterocycles. The molecule has 4 aromatic rings. The van der Waals surface area contributed by atoms with Crippen LogP contribution in [0.2, 0.25) is 0 Å². The van der Waals surface area contributed by atoms with Crippen LogP contribution < -0.4 is 46.2 Å². The Kier molecular flexibility index (Phi) is 27.6. The zero-order valence-corrected chi connectivity index (χ0v) is 66.1. The molecule has 0 saturated carbocycles. The van der Waals surface area contributed by atoms with Crippen molar-refractivity contribution < 1.29 is 59.9 Å². The summed E-state index contributed by atoms with van der Waals surface area (Å²) in [5, 5.41) is 0.931. The van der Waals surface area contributed by atoms with Gasteiger partial charge in [0.25, 0.3) is 0 Å². The summed E-state index contributed by atoms with van der Waals surface area (Å²) in [5.74, 6) is -0.177. The van der Waals surface area contributed by atoms with Gasteiger partial charge in [-0.25, -0.2) is 0 Å². The number of allylic oxidation sites excluding steroid dienone is 15. The molecule has 5 heterocycles. The van der Waals surface area contributed by atoms with Crippen LogP contribution in [-0.2, 0) is 36.0 Å². The van der Waals surface area contributed by atoms with Gasteiger partial charge in [-0.2, -0.15) is 9.15 Å². The van der Waals surface area contributed by atoms with Crippen molar-refractivity contribution in [2.75, 3.05) is 62.7 Å². The Balaban J connectivity index is 0.000000265. The van der Waals surface area contributed by atoms with Gasteiger partial charge in [-0.05, 0) is 176 Å². The molecule has 0 N–H and O–H groups in total. The monoisotopic (exact) mass is 1490 g/mol. The number of carbonyl (C=O) groups excluding carboxylic acids is 2. The minimum Gasteiger partial charge on any atom is -1.00 e. The smallest absolute Gasteiger partial charge is 0.305 e. The molecule has 1 fully saturated rings. The molecule has 1 amide bonds. The standard InChI is InChI=1S/C51H71N4O3.C36H44ClN2.ClH.HI/c1-9-33-53-43-25-13-11-23-41(43)50(4,5)45(53)31-29-39-21-17-22-40(30-32-46-51(6,7)42-24-12-14-26-44(42)54(46)34-10-2)49(39)55(47(56)27-18-28-48(57)58-8)37-19-36-52-35-16-15-20-38(52)3;1-7-24-38-30-18-11-9-16-28(30)35(3,4)32(38)22-20-26-14-13-15-27(34(26)37)21-23-33-36(5,6)29-17-10-12-19-31(29)39(33)25-8-2;;/h11-14,23-26,29-32,38H,9-10,15-22,27-28,33-37H2,1-8H3;9-12,16-23H,7-8,13-15,24-25H2,1-6H3;2*1H/q2*+1;;/p-2. The summed E-state index contributed by atoms with van der Waals surface area (Å²) in [6.45, 7) is 36.8. The van der Waals surface area contributed by atoms with Gasteiger partial charge >= 0.3 is 5.97 Å². The van der Waals surface area contributed by atoms with Crippen molar-refractivity contribution in [1.29, 1.82) is 0 Å². The van der Waals surface area contributed by atoms with Crippen molar-refractivity contribution in [2.45, 2.75) is 227 Å². The summed E-state index contributed by atoms with van der Waals surface area (Å²) in [6.07, 6.45) is 34.7. The number of carbonyl (C=O) groups is 2. The zero-order valence-electron chi connectivity index (χ0n) is 62.4. The molecule has 2 aliphatic carbocycles. The molecule has 4 aromatic carbocycles. The number of benzene rings is 4. The number of rotatable bonds is 23. The molecule has 532 valence electrons. The minimum absolute atomic E-state index is 0. The lowest BCUT2D eigenvalue weighted by atomic mass is 9.81. The van der Waals surface area contributed by atoms with Gasteiger partial charge in [0, 0.05) is 138 Å².